The molecule has 0 spiro atoms. The molecule has 2 unspecified atom stereocenters. The number of rotatable bonds is 2. The van der Waals surface area contributed by atoms with Gasteiger partial charge in [-0.15, -0.1) is 0 Å². The van der Waals surface area contributed by atoms with Gasteiger partial charge < -0.3 is 10.2 Å². The van der Waals surface area contributed by atoms with Crippen LogP contribution in [0.2, 0.25) is 0 Å². The Bertz CT molecular complexity index is 193. The van der Waals surface area contributed by atoms with Crippen molar-refractivity contribution in [1.82, 2.24) is 10.2 Å². The van der Waals surface area contributed by atoms with Gasteiger partial charge in [0.05, 0.1) is 0 Å². The van der Waals surface area contributed by atoms with Crippen molar-refractivity contribution in [3.8, 4) is 0 Å². The topological polar surface area (TPSA) is 32.3 Å². The minimum Gasteiger partial charge on any atom is -0.335 e. The van der Waals surface area contributed by atoms with E-state index in [4.69, 9.17) is 0 Å². The predicted octanol–water partition coefficient (Wildman–Crippen LogP) is 1.24. The number of nitrogens with one attached hydrogen (secondary N) is 1. The third kappa shape index (κ3) is 2.71. The van der Waals surface area contributed by atoms with Gasteiger partial charge in [-0.2, -0.15) is 0 Å². The summed E-state index contributed by atoms with van der Waals surface area (Å²) in [6.07, 6.45) is 0.675. The fourth-order valence-corrected chi connectivity index (χ4v) is 2.08. The monoisotopic (exact) mass is 198 g/mol. The van der Waals surface area contributed by atoms with Gasteiger partial charge in [0.2, 0.25) is 5.91 Å². The minimum absolute atomic E-state index is 0.307. The molecule has 0 aromatic rings. The second-order valence-corrected chi connectivity index (χ2v) is 4.76. The van der Waals surface area contributed by atoms with Crippen LogP contribution in [-0.2, 0) is 4.79 Å². The molecule has 0 radical (unpaired) electrons. The van der Waals surface area contributed by atoms with Crippen LogP contribution in [0.4, 0.5) is 0 Å². The third-order valence-electron chi connectivity index (χ3n) is 2.70. The molecular formula is C11H22N2O. The van der Waals surface area contributed by atoms with E-state index in [0.29, 0.717) is 30.3 Å². The zero-order chi connectivity index (χ0) is 10.7. The summed E-state index contributed by atoms with van der Waals surface area (Å²) in [6.45, 7) is 10.3. The normalized spacial score (nSPS) is 28.2. The number of carbonyl (C=O) groups excluding carboxylic acids is 1. The summed E-state index contributed by atoms with van der Waals surface area (Å²) in [5.74, 6) is 0.762. The summed E-state index contributed by atoms with van der Waals surface area (Å²) >= 11 is 0. The Hall–Kier alpha value is -0.570. The highest BCUT2D eigenvalue weighted by atomic mass is 16.2. The summed E-state index contributed by atoms with van der Waals surface area (Å²) < 4.78 is 0. The van der Waals surface area contributed by atoms with Crippen molar-refractivity contribution in [2.24, 2.45) is 5.92 Å². The largest absolute Gasteiger partial charge is 0.335 e. The highest BCUT2D eigenvalue weighted by Gasteiger charge is 2.28. The van der Waals surface area contributed by atoms with Crippen molar-refractivity contribution >= 4 is 5.91 Å². The number of hydrogen-bond donors (Lipinski definition) is 1. The number of carbonyl (C=O) groups is 1. The number of amides is 1. The molecule has 14 heavy (non-hydrogen) atoms. The van der Waals surface area contributed by atoms with Gasteiger partial charge in [0.25, 0.3) is 0 Å². The van der Waals surface area contributed by atoms with E-state index in [0.717, 1.165) is 13.1 Å². The van der Waals surface area contributed by atoms with Gasteiger partial charge in [-0.05, 0) is 19.8 Å². The van der Waals surface area contributed by atoms with E-state index in [-0.39, 0.29) is 0 Å². The van der Waals surface area contributed by atoms with Gasteiger partial charge in [0.1, 0.15) is 0 Å². The van der Waals surface area contributed by atoms with Crippen molar-refractivity contribution in [2.75, 3.05) is 13.1 Å². The zero-order valence-corrected chi connectivity index (χ0v) is 9.71. The van der Waals surface area contributed by atoms with E-state index in [1.54, 1.807) is 0 Å². The summed E-state index contributed by atoms with van der Waals surface area (Å²) in [6, 6.07) is 0.676. The van der Waals surface area contributed by atoms with Gasteiger partial charge in [0, 0.05) is 31.6 Å². The smallest absolute Gasteiger partial charge is 0.223 e. The van der Waals surface area contributed by atoms with Gasteiger partial charge in [-0.1, -0.05) is 13.8 Å². The number of nitrogens with zero attached hydrogens (tertiary/aromatic N) is 1. The summed E-state index contributed by atoms with van der Waals surface area (Å²) in [7, 11) is 0. The van der Waals surface area contributed by atoms with Gasteiger partial charge in [-0.25, -0.2) is 0 Å². The first-order chi connectivity index (χ1) is 6.52. The summed E-state index contributed by atoms with van der Waals surface area (Å²) in [5.41, 5.74) is 0. The molecule has 1 rings (SSSR count). The maximum atomic E-state index is 11.9. The van der Waals surface area contributed by atoms with Crippen LogP contribution in [0.1, 0.15) is 34.1 Å². The maximum Gasteiger partial charge on any atom is 0.223 e. The van der Waals surface area contributed by atoms with Crippen molar-refractivity contribution in [3.05, 3.63) is 0 Å². The first-order valence-corrected chi connectivity index (χ1v) is 5.54. The van der Waals surface area contributed by atoms with Crippen LogP contribution >= 0.6 is 0 Å². The average molecular weight is 198 g/mol. The van der Waals surface area contributed by atoms with Crippen LogP contribution in [0, 0.1) is 5.92 Å². The lowest BCUT2D eigenvalue weighted by Gasteiger charge is -2.39. The average Bonchev–Trinajstić information content (AvgIpc) is 2.01. The summed E-state index contributed by atoms with van der Waals surface area (Å²) in [5, 5.41) is 3.33. The molecule has 2 atom stereocenters. The highest BCUT2D eigenvalue weighted by molar-refractivity contribution is 5.77. The van der Waals surface area contributed by atoms with Gasteiger partial charge in [-0.3, -0.25) is 4.79 Å². The number of piperazine rings is 1. The molecule has 1 aliphatic rings. The molecule has 3 heteroatoms. The van der Waals surface area contributed by atoms with Crippen LogP contribution in [0.5, 0.6) is 0 Å². The van der Waals surface area contributed by atoms with E-state index in [9.17, 15) is 4.79 Å². The minimum atomic E-state index is 0.307. The molecule has 3 nitrogen and oxygen atoms in total. The lowest BCUT2D eigenvalue weighted by Crippen LogP contribution is -2.57. The van der Waals surface area contributed by atoms with Crippen LogP contribution in [-0.4, -0.2) is 36.0 Å². The van der Waals surface area contributed by atoms with Gasteiger partial charge in [0.15, 0.2) is 0 Å². The molecule has 1 N–H and O–H groups in total. The quantitative estimate of drug-likeness (QED) is 0.724. The standard InChI is InChI=1S/C11H22N2O/c1-8(2)5-11(14)13-9(3)6-12-7-10(13)4/h8-10,12H,5-7H2,1-4H3. The molecular weight excluding hydrogens is 176 g/mol. The molecule has 1 amide bonds. The molecule has 0 aromatic heterocycles. The van der Waals surface area contributed by atoms with Crippen LogP contribution < -0.4 is 5.32 Å². The molecule has 82 valence electrons. The van der Waals surface area contributed by atoms with Crippen LogP contribution in [0.3, 0.4) is 0 Å². The second-order valence-electron chi connectivity index (χ2n) is 4.76. The lowest BCUT2D eigenvalue weighted by molar-refractivity contribution is -0.137. The molecule has 1 aliphatic heterocycles. The van der Waals surface area contributed by atoms with Crippen molar-refractivity contribution in [2.45, 2.75) is 46.2 Å². The summed E-state index contributed by atoms with van der Waals surface area (Å²) in [4.78, 5) is 14.0. The Labute approximate surface area is 86.9 Å². The molecule has 0 saturated carbocycles. The Morgan fingerprint density at radius 2 is 1.86 bits per heavy atom. The predicted molar refractivity (Wildman–Crippen MR) is 58.1 cm³/mol. The zero-order valence-electron chi connectivity index (χ0n) is 9.71. The van der Waals surface area contributed by atoms with E-state index >= 15 is 0 Å². The van der Waals surface area contributed by atoms with E-state index < -0.39 is 0 Å². The molecule has 1 fully saturated rings. The lowest BCUT2D eigenvalue weighted by atomic mass is 10.1. The Balaban J connectivity index is 2.58. The van der Waals surface area contributed by atoms with Crippen LogP contribution in [0.15, 0.2) is 0 Å². The Morgan fingerprint density at radius 3 is 2.29 bits per heavy atom. The van der Waals surface area contributed by atoms with Crippen molar-refractivity contribution < 1.29 is 4.79 Å². The third-order valence-corrected chi connectivity index (χ3v) is 2.70. The van der Waals surface area contributed by atoms with Gasteiger partial charge >= 0.3 is 0 Å². The second kappa shape index (κ2) is 4.78. The fourth-order valence-electron chi connectivity index (χ4n) is 2.08. The maximum absolute atomic E-state index is 11.9. The van der Waals surface area contributed by atoms with Crippen molar-refractivity contribution in [3.63, 3.8) is 0 Å². The van der Waals surface area contributed by atoms with E-state index in [2.05, 4.69) is 33.0 Å². The Morgan fingerprint density at radius 1 is 1.36 bits per heavy atom. The van der Waals surface area contributed by atoms with E-state index in [1.807, 2.05) is 4.90 Å². The molecule has 1 heterocycles. The first-order valence-electron chi connectivity index (χ1n) is 5.54. The van der Waals surface area contributed by atoms with Crippen LogP contribution in [0.25, 0.3) is 0 Å². The Kier molecular flexibility index (Phi) is 3.93. The first kappa shape index (κ1) is 11.5. The molecule has 1 saturated heterocycles. The van der Waals surface area contributed by atoms with E-state index in [1.165, 1.54) is 0 Å². The molecule has 0 aliphatic carbocycles. The number of hydrogen-bond acceptors (Lipinski definition) is 2. The SMILES string of the molecule is CC(C)CC(=O)N1C(C)CNCC1C. The highest BCUT2D eigenvalue weighted by Crippen LogP contribution is 2.13. The fraction of sp³-hybridized carbons (Fsp3) is 0.909. The molecule has 0 aromatic carbocycles. The molecule has 0 bridgehead atoms. The van der Waals surface area contributed by atoms with Crippen molar-refractivity contribution in [1.29, 1.82) is 0 Å².